The largest absolute Gasteiger partial charge is 0.472 e. The van der Waals surface area contributed by atoms with Crippen LogP contribution in [0.2, 0.25) is 0 Å². The predicted octanol–water partition coefficient (Wildman–Crippen LogP) is 3.07. The molecule has 4 heteroatoms. The lowest BCUT2D eigenvalue weighted by molar-refractivity contribution is 0.284. The molecule has 4 nitrogen and oxygen atoms in total. The average molecular weight is 273 g/mol. The molecule has 1 atom stereocenters. The topological polar surface area (TPSA) is 53.1 Å². The van der Waals surface area contributed by atoms with E-state index in [-0.39, 0.29) is 0 Å². The number of aromatic nitrogens is 2. The van der Waals surface area contributed by atoms with Gasteiger partial charge in [0.2, 0.25) is 5.88 Å². The highest BCUT2D eigenvalue weighted by atomic mass is 16.5. The molecule has 0 aliphatic heterocycles. The van der Waals surface area contributed by atoms with Crippen LogP contribution in [0, 0.1) is 6.92 Å². The van der Waals surface area contributed by atoms with Gasteiger partial charge in [0.25, 0.3) is 0 Å². The Morgan fingerprint density at radius 1 is 1.25 bits per heavy atom. The lowest BCUT2D eigenvalue weighted by Gasteiger charge is -2.13. The summed E-state index contributed by atoms with van der Waals surface area (Å²) >= 11 is 0. The van der Waals surface area contributed by atoms with Gasteiger partial charge in [-0.05, 0) is 31.9 Å². The second-order valence-corrected chi connectivity index (χ2v) is 5.05. The molecule has 0 bridgehead atoms. The number of hydrogen-bond donors (Lipinski definition) is 1. The van der Waals surface area contributed by atoms with Crippen molar-refractivity contribution in [2.24, 2.45) is 5.73 Å². The lowest BCUT2D eigenvalue weighted by atomic mass is 10.1. The molecule has 108 valence electrons. The molecular weight excluding hydrogens is 250 g/mol. The predicted molar refractivity (Wildman–Crippen MR) is 80.7 cm³/mol. The Bertz CT molecular complexity index is 519. The van der Waals surface area contributed by atoms with E-state index >= 15 is 0 Å². The van der Waals surface area contributed by atoms with Crippen molar-refractivity contribution in [3.63, 3.8) is 0 Å². The van der Waals surface area contributed by atoms with Crippen LogP contribution in [-0.4, -0.2) is 16.3 Å². The average Bonchev–Trinajstić information content (AvgIpc) is 2.93. The SMILES string of the molecule is CCC(CCN)n1ccc(OCc2ccc(C)cc2)n1. The minimum absolute atomic E-state index is 0.358. The molecule has 1 aromatic carbocycles. The maximum Gasteiger partial charge on any atom is 0.233 e. The molecule has 1 heterocycles. The van der Waals surface area contributed by atoms with Crippen LogP contribution in [0.4, 0.5) is 0 Å². The van der Waals surface area contributed by atoms with Gasteiger partial charge in [-0.1, -0.05) is 36.8 Å². The molecule has 0 aliphatic rings. The van der Waals surface area contributed by atoms with E-state index in [2.05, 4.69) is 43.2 Å². The molecule has 0 aliphatic carbocycles. The third kappa shape index (κ3) is 3.84. The summed E-state index contributed by atoms with van der Waals surface area (Å²) in [6.45, 7) is 5.45. The second kappa shape index (κ2) is 7.10. The Kier molecular flexibility index (Phi) is 5.18. The minimum Gasteiger partial charge on any atom is -0.472 e. The van der Waals surface area contributed by atoms with Crippen LogP contribution in [0.3, 0.4) is 0 Å². The number of benzene rings is 1. The number of nitrogens with zero attached hydrogens (tertiary/aromatic N) is 2. The van der Waals surface area contributed by atoms with Gasteiger partial charge in [0.1, 0.15) is 6.61 Å². The Hall–Kier alpha value is -1.81. The highest BCUT2D eigenvalue weighted by Crippen LogP contribution is 2.17. The Labute approximate surface area is 120 Å². The third-order valence-electron chi connectivity index (χ3n) is 3.44. The summed E-state index contributed by atoms with van der Waals surface area (Å²) in [6, 6.07) is 10.6. The molecule has 0 fully saturated rings. The van der Waals surface area contributed by atoms with E-state index in [1.807, 2.05) is 16.9 Å². The van der Waals surface area contributed by atoms with Crippen molar-refractivity contribution >= 4 is 0 Å². The third-order valence-corrected chi connectivity index (χ3v) is 3.44. The fourth-order valence-electron chi connectivity index (χ4n) is 2.16. The van der Waals surface area contributed by atoms with Crippen molar-refractivity contribution in [1.82, 2.24) is 9.78 Å². The van der Waals surface area contributed by atoms with Gasteiger partial charge in [0.15, 0.2) is 0 Å². The Balaban J connectivity index is 1.93. The van der Waals surface area contributed by atoms with Gasteiger partial charge < -0.3 is 10.5 Å². The molecule has 1 unspecified atom stereocenters. The van der Waals surface area contributed by atoms with Crippen LogP contribution < -0.4 is 10.5 Å². The van der Waals surface area contributed by atoms with Crippen molar-refractivity contribution in [2.75, 3.05) is 6.54 Å². The maximum atomic E-state index is 5.72. The number of hydrogen-bond acceptors (Lipinski definition) is 3. The quantitative estimate of drug-likeness (QED) is 0.843. The minimum atomic E-state index is 0.358. The summed E-state index contributed by atoms with van der Waals surface area (Å²) in [7, 11) is 0. The molecule has 0 saturated carbocycles. The standard InChI is InChI=1S/C16H23N3O/c1-3-15(8-10-17)19-11-9-16(18-19)20-12-14-6-4-13(2)5-7-14/h4-7,9,11,15H,3,8,10,12,17H2,1-2H3. The summed E-state index contributed by atoms with van der Waals surface area (Å²) in [5.74, 6) is 0.668. The first-order valence-corrected chi connectivity index (χ1v) is 7.16. The highest BCUT2D eigenvalue weighted by Gasteiger charge is 2.09. The molecule has 0 radical (unpaired) electrons. The van der Waals surface area contributed by atoms with Crippen LogP contribution in [0.25, 0.3) is 0 Å². The van der Waals surface area contributed by atoms with Crippen molar-refractivity contribution in [3.05, 3.63) is 47.7 Å². The van der Waals surface area contributed by atoms with E-state index in [1.165, 1.54) is 5.56 Å². The molecule has 0 amide bonds. The van der Waals surface area contributed by atoms with Crippen LogP contribution in [0.1, 0.15) is 36.9 Å². The van der Waals surface area contributed by atoms with E-state index in [1.54, 1.807) is 0 Å². The zero-order chi connectivity index (χ0) is 14.4. The number of nitrogens with two attached hydrogens (primary N) is 1. The van der Waals surface area contributed by atoms with Gasteiger partial charge in [-0.25, -0.2) is 0 Å². The van der Waals surface area contributed by atoms with Crippen molar-refractivity contribution in [1.29, 1.82) is 0 Å². The summed E-state index contributed by atoms with van der Waals surface area (Å²) < 4.78 is 7.68. The zero-order valence-corrected chi connectivity index (χ0v) is 12.2. The molecule has 2 aromatic rings. The summed E-state index contributed by atoms with van der Waals surface area (Å²) in [6.07, 6.45) is 3.93. The van der Waals surface area contributed by atoms with Gasteiger partial charge >= 0.3 is 0 Å². The molecule has 1 aromatic heterocycles. The molecule has 2 rings (SSSR count). The van der Waals surface area contributed by atoms with Crippen LogP contribution in [0.15, 0.2) is 36.5 Å². The van der Waals surface area contributed by atoms with Crippen molar-refractivity contribution in [3.8, 4) is 5.88 Å². The summed E-state index contributed by atoms with van der Waals surface area (Å²) in [5.41, 5.74) is 8.03. The molecule has 0 saturated heterocycles. The van der Waals surface area contributed by atoms with Crippen LogP contribution >= 0.6 is 0 Å². The van der Waals surface area contributed by atoms with E-state index in [4.69, 9.17) is 10.5 Å². The Morgan fingerprint density at radius 2 is 2.00 bits per heavy atom. The molecule has 20 heavy (non-hydrogen) atoms. The molecule has 2 N–H and O–H groups in total. The molecule has 0 spiro atoms. The van der Waals surface area contributed by atoms with Gasteiger partial charge in [0, 0.05) is 12.3 Å². The van der Waals surface area contributed by atoms with E-state index in [0.29, 0.717) is 25.1 Å². The van der Waals surface area contributed by atoms with E-state index < -0.39 is 0 Å². The number of ether oxygens (including phenoxy) is 1. The van der Waals surface area contributed by atoms with E-state index in [9.17, 15) is 0 Å². The summed E-state index contributed by atoms with van der Waals surface area (Å²) in [5, 5.41) is 4.47. The zero-order valence-electron chi connectivity index (χ0n) is 12.2. The number of aryl methyl sites for hydroxylation is 1. The fraction of sp³-hybridized carbons (Fsp3) is 0.438. The monoisotopic (exact) mass is 273 g/mol. The maximum absolute atomic E-state index is 5.72. The van der Waals surface area contributed by atoms with Crippen molar-refractivity contribution in [2.45, 2.75) is 39.3 Å². The second-order valence-electron chi connectivity index (χ2n) is 5.05. The van der Waals surface area contributed by atoms with Gasteiger partial charge in [-0.3, -0.25) is 4.68 Å². The first-order valence-electron chi connectivity index (χ1n) is 7.16. The van der Waals surface area contributed by atoms with Crippen LogP contribution in [-0.2, 0) is 6.61 Å². The Morgan fingerprint density at radius 3 is 2.65 bits per heavy atom. The van der Waals surface area contributed by atoms with Gasteiger partial charge in [-0.2, -0.15) is 0 Å². The highest BCUT2D eigenvalue weighted by molar-refractivity contribution is 5.21. The van der Waals surface area contributed by atoms with Gasteiger partial charge in [0.05, 0.1) is 6.04 Å². The molecular formula is C16H23N3O. The fourth-order valence-corrected chi connectivity index (χ4v) is 2.16. The summed E-state index contributed by atoms with van der Waals surface area (Å²) in [4.78, 5) is 0. The lowest BCUT2D eigenvalue weighted by Crippen LogP contribution is -2.14. The number of rotatable bonds is 7. The van der Waals surface area contributed by atoms with Crippen LogP contribution in [0.5, 0.6) is 5.88 Å². The van der Waals surface area contributed by atoms with E-state index in [0.717, 1.165) is 18.4 Å². The van der Waals surface area contributed by atoms with Crippen molar-refractivity contribution < 1.29 is 4.74 Å². The first kappa shape index (κ1) is 14.6. The van der Waals surface area contributed by atoms with Gasteiger partial charge in [-0.15, -0.1) is 5.10 Å². The first-order chi connectivity index (χ1) is 9.72. The smallest absolute Gasteiger partial charge is 0.233 e. The normalized spacial score (nSPS) is 12.3.